The first-order valence-electron chi connectivity index (χ1n) is 9.68. The van der Waals surface area contributed by atoms with Gasteiger partial charge in [0.15, 0.2) is 5.65 Å². The third-order valence-electron chi connectivity index (χ3n) is 5.17. The van der Waals surface area contributed by atoms with Crippen LogP contribution in [0.4, 0.5) is 11.6 Å². The molecule has 0 spiro atoms. The highest BCUT2D eigenvalue weighted by Gasteiger charge is 2.24. The highest BCUT2D eigenvalue weighted by molar-refractivity contribution is 6.11. The molecule has 0 saturated carbocycles. The predicted octanol–water partition coefficient (Wildman–Crippen LogP) is 1.41. The first kappa shape index (κ1) is 18.9. The lowest BCUT2D eigenvalue weighted by molar-refractivity contribution is 0.0796. The molecule has 29 heavy (non-hydrogen) atoms. The van der Waals surface area contributed by atoms with Crippen molar-refractivity contribution in [2.24, 2.45) is 7.05 Å². The number of carbonyl (C=O) groups excluding carboxylic acids is 2. The topological polar surface area (TPSA) is 101 Å². The molecule has 0 radical (unpaired) electrons. The van der Waals surface area contributed by atoms with Crippen LogP contribution < -0.4 is 10.2 Å². The number of aryl methyl sites for hydroxylation is 1. The molecule has 0 unspecified atom stereocenters. The van der Waals surface area contributed by atoms with E-state index in [2.05, 4.69) is 25.4 Å². The largest absolute Gasteiger partial charge is 0.342 e. The Balaban J connectivity index is 1.58. The molecule has 0 aromatic carbocycles. The summed E-state index contributed by atoms with van der Waals surface area (Å²) in [7, 11) is 3.33. The van der Waals surface area contributed by atoms with Gasteiger partial charge in [-0.05, 0) is 31.9 Å². The average Bonchev–Trinajstić information content (AvgIpc) is 3.45. The summed E-state index contributed by atoms with van der Waals surface area (Å²) in [5.74, 6) is 0.0536. The number of pyridine rings is 1. The maximum absolute atomic E-state index is 12.9. The molecule has 2 amide bonds. The molecule has 0 atom stereocenters. The van der Waals surface area contributed by atoms with Gasteiger partial charge in [-0.3, -0.25) is 14.3 Å². The minimum atomic E-state index is -0.405. The lowest BCUT2D eigenvalue weighted by atomic mass is 10.2. The Bertz CT molecular complexity index is 1060. The predicted molar refractivity (Wildman–Crippen MR) is 108 cm³/mol. The second-order valence-corrected chi connectivity index (χ2v) is 7.13. The van der Waals surface area contributed by atoms with Crippen LogP contribution in [0.1, 0.15) is 40.6 Å². The Kier molecular flexibility index (Phi) is 4.91. The number of hydrogen-bond acceptors (Lipinski definition) is 6. The van der Waals surface area contributed by atoms with Gasteiger partial charge >= 0.3 is 0 Å². The molecule has 1 saturated heterocycles. The smallest absolute Gasteiger partial charge is 0.274 e. The van der Waals surface area contributed by atoms with E-state index in [1.807, 2.05) is 13.0 Å². The van der Waals surface area contributed by atoms with Crippen LogP contribution in [0.15, 0.2) is 24.5 Å². The number of carbonyl (C=O) groups is 2. The van der Waals surface area contributed by atoms with Gasteiger partial charge < -0.3 is 15.1 Å². The number of fused-ring (bicyclic) bond motifs is 1. The third kappa shape index (κ3) is 3.53. The monoisotopic (exact) mass is 396 g/mol. The van der Waals surface area contributed by atoms with E-state index in [1.54, 1.807) is 30.9 Å². The fourth-order valence-corrected chi connectivity index (χ4v) is 3.40. The molecule has 3 aromatic rings. The summed E-state index contributed by atoms with van der Waals surface area (Å²) in [6.07, 6.45) is 5.44. The Labute approximate surface area is 168 Å². The van der Waals surface area contributed by atoms with Crippen molar-refractivity contribution in [1.29, 1.82) is 0 Å². The molecule has 1 aliphatic heterocycles. The molecular weight excluding hydrogens is 372 g/mol. The second kappa shape index (κ2) is 7.53. The SMILES string of the molecule is CCN(C)C(=O)c1cnn(C)c1C(=O)Nc1ccc2nc(N3CCCC3)nn2c1. The molecule has 0 bridgehead atoms. The quantitative estimate of drug-likeness (QED) is 0.700. The maximum atomic E-state index is 12.9. The van der Waals surface area contributed by atoms with Gasteiger partial charge in [0.05, 0.1) is 23.6 Å². The van der Waals surface area contributed by atoms with E-state index in [1.165, 1.54) is 15.8 Å². The van der Waals surface area contributed by atoms with E-state index in [4.69, 9.17) is 0 Å². The van der Waals surface area contributed by atoms with Gasteiger partial charge in [-0.15, -0.1) is 5.10 Å². The van der Waals surface area contributed by atoms with Gasteiger partial charge in [-0.2, -0.15) is 10.1 Å². The number of amides is 2. The van der Waals surface area contributed by atoms with Gasteiger partial charge in [0.25, 0.3) is 11.8 Å². The van der Waals surface area contributed by atoms with Crippen LogP contribution in [-0.4, -0.2) is 67.8 Å². The van der Waals surface area contributed by atoms with Crippen LogP contribution in [0.25, 0.3) is 5.65 Å². The minimum Gasteiger partial charge on any atom is -0.342 e. The summed E-state index contributed by atoms with van der Waals surface area (Å²) < 4.78 is 3.06. The van der Waals surface area contributed by atoms with E-state index in [-0.39, 0.29) is 17.2 Å². The molecule has 3 aromatic heterocycles. The van der Waals surface area contributed by atoms with E-state index in [9.17, 15) is 9.59 Å². The van der Waals surface area contributed by atoms with Gasteiger partial charge in [-0.1, -0.05) is 0 Å². The highest BCUT2D eigenvalue weighted by Crippen LogP contribution is 2.19. The van der Waals surface area contributed by atoms with Crippen molar-refractivity contribution < 1.29 is 9.59 Å². The second-order valence-electron chi connectivity index (χ2n) is 7.13. The average molecular weight is 396 g/mol. The van der Waals surface area contributed by atoms with E-state index < -0.39 is 5.91 Å². The summed E-state index contributed by atoms with van der Waals surface area (Å²) in [6.45, 7) is 4.34. The number of nitrogens with zero attached hydrogens (tertiary/aromatic N) is 7. The summed E-state index contributed by atoms with van der Waals surface area (Å²) in [5, 5.41) is 11.5. The molecule has 1 aliphatic rings. The molecule has 1 N–H and O–H groups in total. The Morgan fingerprint density at radius 3 is 2.72 bits per heavy atom. The first-order valence-corrected chi connectivity index (χ1v) is 9.68. The summed E-state index contributed by atoms with van der Waals surface area (Å²) in [4.78, 5) is 33.7. The van der Waals surface area contributed by atoms with Gasteiger partial charge in [-0.25, -0.2) is 4.52 Å². The fourth-order valence-electron chi connectivity index (χ4n) is 3.40. The molecule has 0 aliphatic carbocycles. The van der Waals surface area contributed by atoms with Crippen LogP contribution in [-0.2, 0) is 7.05 Å². The van der Waals surface area contributed by atoms with E-state index in [0.29, 0.717) is 23.8 Å². The lowest BCUT2D eigenvalue weighted by Crippen LogP contribution is -2.29. The summed E-state index contributed by atoms with van der Waals surface area (Å²) in [6, 6.07) is 3.58. The normalized spacial score (nSPS) is 13.8. The first-order chi connectivity index (χ1) is 14.0. The number of nitrogens with one attached hydrogen (secondary N) is 1. The number of anilines is 2. The van der Waals surface area contributed by atoms with Crippen LogP contribution in [0, 0.1) is 0 Å². The molecule has 10 heteroatoms. The van der Waals surface area contributed by atoms with E-state index >= 15 is 0 Å². The van der Waals surface area contributed by atoms with Gasteiger partial charge in [0.2, 0.25) is 5.95 Å². The van der Waals surface area contributed by atoms with Crippen molar-refractivity contribution >= 4 is 29.1 Å². The Hall–Kier alpha value is -3.43. The van der Waals surface area contributed by atoms with Gasteiger partial charge in [0.1, 0.15) is 5.69 Å². The number of hydrogen-bond donors (Lipinski definition) is 1. The zero-order valence-electron chi connectivity index (χ0n) is 16.8. The summed E-state index contributed by atoms with van der Waals surface area (Å²) in [5.41, 5.74) is 1.76. The van der Waals surface area contributed by atoms with Crippen LogP contribution in [0.3, 0.4) is 0 Å². The zero-order valence-corrected chi connectivity index (χ0v) is 16.8. The Morgan fingerprint density at radius 1 is 1.24 bits per heavy atom. The third-order valence-corrected chi connectivity index (χ3v) is 5.17. The van der Waals surface area contributed by atoms with Gasteiger partial charge in [0, 0.05) is 33.7 Å². The van der Waals surface area contributed by atoms with Crippen molar-refractivity contribution in [3.8, 4) is 0 Å². The van der Waals surface area contributed by atoms with Crippen molar-refractivity contribution in [2.45, 2.75) is 19.8 Å². The number of aromatic nitrogens is 5. The van der Waals surface area contributed by atoms with Crippen molar-refractivity contribution in [1.82, 2.24) is 29.3 Å². The van der Waals surface area contributed by atoms with Crippen molar-refractivity contribution in [3.05, 3.63) is 35.8 Å². The standard InChI is InChI=1S/C19H24N8O2/c1-4-24(2)18(29)14-11-20-25(3)16(14)17(28)21-13-7-8-15-22-19(23-27(15)12-13)26-9-5-6-10-26/h7-8,11-12H,4-6,9-10H2,1-3H3,(H,21,28). The molecular formula is C19H24N8O2. The zero-order chi connectivity index (χ0) is 20.5. The Morgan fingerprint density at radius 2 is 2.00 bits per heavy atom. The molecule has 4 heterocycles. The lowest BCUT2D eigenvalue weighted by Gasteiger charge is -2.14. The fraction of sp³-hybridized carbons (Fsp3) is 0.421. The van der Waals surface area contributed by atoms with Crippen LogP contribution in [0.2, 0.25) is 0 Å². The van der Waals surface area contributed by atoms with Crippen LogP contribution >= 0.6 is 0 Å². The molecule has 4 rings (SSSR count). The molecule has 10 nitrogen and oxygen atoms in total. The summed E-state index contributed by atoms with van der Waals surface area (Å²) >= 11 is 0. The molecule has 152 valence electrons. The van der Waals surface area contributed by atoms with Crippen molar-refractivity contribution in [2.75, 3.05) is 36.9 Å². The van der Waals surface area contributed by atoms with E-state index in [0.717, 1.165) is 25.9 Å². The number of rotatable bonds is 5. The van der Waals surface area contributed by atoms with Crippen LogP contribution in [0.5, 0.6) is 0 Å². The highest BCUT2D eigenvalue weighted by atomic mass is 16.2. The van der Waals surface area contributed by atoms with Crippen molar-refractivity contribution in [3.63, 3.8) is 0 Å². The maximum Gasteiger partial charge on any atom is 0.274 e. The minimum absolute atomic E-state index is 0.215. The molecule has 1 fully saturated rings.